The Labute approximate surface area is 164 Å². The van der Waals surface area contributed by atoms with Crippen molar-refractivity contribution in [2.45, 2.75) is 19.3 Å². The van der Waals surface area contributed by atoms with Gasteiger partial charge in [0, 0.05) is 29.9 Å². The molecule has 3 aromatic rings. The van der Waals surface area contributed by atoms with E-state index in [2.05, 4.69) is 10.3 Å². The molecule has 1 N–H and O–H groups in total. The first-order chi connectivity index (χ1) is 13.7. The van der Waals surface area contributed by atoms with Crippen LogP contribution in [0.25, 0.3) is 0 Å². The number of hydrogen-bond acceptors (Lipinski definition) is 4. The fourth-order valence-electron chi connectivity index (χ4n) is 2.91. The van der Waals surface area contributed by atoms with Crippen molar-refractivity contribution in [2.75, 3.05) is 12.4 Å². The highest BCUT2D eigenvalue weighted by molar-refractivity contribution is 6.10. The van der Waals surface area contributed by atoms with Crippen LogP contribution in [0.15, 0.2) is 73.1 Å². The zero-order valence-electron chi connectivity index (χ0n) is 15.7. The molecule has 1 aromatic heterocycles. The number of carbonyl (C=O) groups excluding carboxylic acids is 2. The Bertz CT molecular complexity index is 941. The molecule has 0 bridgehead atoms. The van der Waals surface area contributed by atoms with Gasteiger partial charge in [0.25, 0.3) is 0 Å². The van der Waals surface area contributed by atoms with E-state index < -0.39 is 0 Å². The monoisotopic (exact) mass is 374 g/mol. The summed E-state index contributed by atoms with van der Waals surface area (Å²) in [6.45, 7) is 0. The lowest BCUT2D eigenvalue weighted by Gasteiger charge is -2.12. The maximum atomic E-state index is 12.7. The fourth-order valence-corrected chi connectivity index (χ4v) is 2.91. The highest BCUT2D eigenvalue weighted by Crippen LogP contribution is 2.27. The van der Waals surface area contributed by atoms with Gasteiger partial charge in [0.1, 0.15) is 5.75 Å². The van der Waals surface area contributed by atoms with E-state index in [-0.39, 0.29) is 11.7 Å². The Morgan fingerprint density at radius 1 is 1.00 bits per heavy atom. The van der Waals surface area contributed by atoms with Crippen molar-refractivity contribution in [3.05, 3.63) is 89.7 Å². The standard InChI is InChI=1S/C23H22N2O3/c1-28-21-13-12-19(23(27)18-9-3-2-4-10-18)15-20(21)25-22(26)11-5-7-17-8-6-14-24-16-17/h2-4,6,8-10,12-16H,5,7,11H2,1H3,(H,25,26). The average Bonchev–Trinajstić information content (AvgIpc) is 2.74. The molecule has 0 atom stereocenters. The van der Waals surface area contributed by atoms with Gasteiger partial charge < -0.3 is 10.1 Å². The summed E-state index contributed by atoms with van der Waals surface area (Å²) in [4.78, 5) is 29.1. The summed E-state index contributed by atoms with van der Waals surface area (Å²) in [6.07, 6.45) is 5.40. The summed E-state index contributed by atoms with van der Waals surface area (Å²) in [5, 5.41) is 2.86. The zero-order chi connectivity index (χ0) is 19.8. The minimum Gasteiger partial charge on any atom is -0.495 e. The number of pyridine rings is 1. The predicted molar refractivity (Wildman–Crippen MR) is 109 cm³/mol. The van der Waals surface area contributed by atoms with Crippen LogP contribution in [0.3, 0.4) is 0 Å². The van der Waals surface area contributed by atoms with E-state index in [9.17, 15) is 9.59 Å². The van der Waals surface area contributed by atoms with E-state index in [4.69, 9.17) is 4.74 Å². The first-order valence-corrected chi connectivity index (χ1v) is 9.14. The van der Waals surface area contributed by atoms with Gasteiger partial charge >= 0.3 is 0 Å². The number of rotatable bonds is 8. The third kappa shape index (κ3) is 5.04. The van der Waals surface area contributed by atoms with Crippen LogP contribution in [0.1, 0.15) is 34.3 Å². The lowest BCUT2D eigenvalue weighted by atomic mass is 10.0. The molecule has 3 rings (SSSR count). The minimum atomic E-state index is -0.119. The average molecular weight is 374 g/mol. The van der Waals surface area contributed by atoms with E-state index in [0.717, 1.165) is 12.0 Å². The molecular weight excluding hydrogens is 352 g/mol. The van der Waals surface area contributed by atoms with E-state index >= 15 is 0 Å². The second kappa shape index (κ2) is 9.46. The molecule has 2 aromatic carbocycles. The first-order valence-electron chi connectivity index (χ1n) is 9.14. The lowest BCUT2D eigenvalue weighted by molar-refractivity contribution is -0.116. The number of ether oxygens (including phenoxy) is 1. The molecule has 0 unspecified atom stereocenters. The van der Waals surface area contributed by atoms with E-state index in [1.807, 2.05) is 30.3 Å². The minimum absolute atomic E-state index is 0.102. The maximum Gasteiger partial charge on any atom is 0.224 e. The number of carbonyl (C=O) groups is 2. The number of amides is 1. The Morgan fingerprint density at radius 2 is 1.82 bits per heavy atom. The number of aromatic nitrogens is 1. The summed E-state index contributed by atoms with van der Waals surface area (Å²) in [5.74, 6) is 0.298. The van der Waals surface area contributed by atoms with E-state index in [1.54, 1.807) is 42.7 Å². The molecule has 0 spiro atoms. The summed E-state index contributed by atoms with van der Waals surface area (Å²) < 4.78 is 5.33. The van der Waals surface area contributed by atoms with E-state index in [0.29, 0.717) is 35.4 Å². The molecule has 0 saturated heterocycles. The van der Waals surface area contributed by atoms with Gasteiger partial charge in [0.05, 0.1) is 12.8 Å². The van der Waals surface area contributed by atoms with Gasteiger partial charge in [-0.1, -0.05) is 36.4 Å². The Hall–Kier alpha value is -3.47. The molecule has 0 aliphatic carbocycles. The Kier molecular flexibility index (Phi) is 6.52. The first kappa shape index (κ1) is 19.3. The van der Waals surface area contributed by atoms with Crippen LogP contribution in [0.4, 0.5) is 5.69 Å². The zero-order valence-corrected chi connectivity index (χ0v) is 15.7. The Balaban J connectivity index is 1.66. The van der Waals surface area contributed by atoms with Gasteiger partial charge in [-0.2, -0.15) is 0 Å². The molecule has 5 heteroatoms. The van der Waals surface area contributed by atoms with Crippen LogP contribution in [0.2, 0.25) is 0 Å². The lowest BCUT2D eigenvalue weighted by Crippen LogP contribution is -2.13. The van der Waals surface area contributed by atoms with Crippen LogP contribution in [-0.2, 0) is 11.2 Å². The van der Waals surface area contributed by atoms with Gasteiger partial charge in [-0.3, -0.25) is 14.6 Å². The summed E-state index contributed by atoms with van der Waals surface area (Å²) in [6, 6.07) is 18.0. The smallest absolute Gasteiger partial charge is 0.224 e. The van der Waals surface area contributed by atoms with Crippen LogP contribution in [-0.4, -0.2) is 23.8 Å². The number of anilines is 1. The highest BCUT2D eigenvalue weighted by atomic mass is 16.5. The third-order valence-electron chi connectivity index (χ3n) is 4.36. The molecule has 0 aliphatic heterocycles. The number of methoxy groups -OCH3 is 1. The van der Waals surface area contributed by atoms with Crippen molar-refractivity contribution >= 4 is 17.4 Å². The van der Waals surface area contributed by atoms with Crippen LogP contribution in [0.5, 0.6) is 5.75 Å². The number of hydrogen-bond donors (Lipinski definition) is 1. The largest absolute Gasteiger partial charge is 0.495 e. The van der Waals surface area contributed by atoms with Crippen molar-refractivity contribution in [3.63, 3.8) is 0 Å². The summed E-state index contributed by atoms with van der Waals surface area (Å²) in [5.41, 5.74) is 2.69. The second-order valence-electron chi connectivity index (χ2n) is 6.37. The van der Waals surface area contributed by atoms with Gasteiger partial charge in [-0.15, -0.1) is 0 Å². The number of benzene rings is 2. The van der Waals surface area contributed by atoms with Gasteiger partial charge in [-0.25, -0.2) is 0 Å². The maximum absolute atomic E-state index is 12.7. The number of aryl methyl sites for hydroxylation is 1. The van der Waals surface area contributed by atoms with Gasteiger partial charge in [0.15, 0.2) is 5.78 Å². The van der Waals surface area contributed by atoms with Crippen molar-refractivity contribution in [3.8, 4) is 5.75 Å². The normalized spacial score (nSPS) is 10.3. The van der Waals surface area contributed by atoms with Crippen molar-refractivity contribution in [1.82, 2.24) is 4.98 Å². The summed E-state index contributed by atoms with van der Waals surface area (Å²) in [7, 11) is 1.53. The highest BCUT2D eigenvalue weighted by Gasteiger charge is 2.14. The molecule has 142 valence electrons. The van der Waals surface area contributed by atoms with Crippen LogP contribution < -0.4 is 10.1 Å². The van der Waals surface area contributed by atoms with Gasteiger partial charge in [-0.05, 0) is 42.7 Å². The molecule has 1 amide bonds. The topological polar surface area (TPSA) is 68.3 Å². The van der Waals surface area contributed by atoms with Crippen LogP contribution in [0, 0.1) is 0 Å². The molecule has 0 radical (unpaired) electrons. The molecule has 0 saturated carbocycles. The fraction of sp³-hybridized carbons (Fsp3) is 0.174. The molecule has 5 nitrogen and oxygen atoms in total. The molecular formula is C23H22N2O3. The second-order valence-corrected chi connectivity index (χ2v) is 6.37. The number of ketones is 1. The molecule has 28 heavy (non-hydrogen) atoms. The molecule has 0 fully saturated rings. The van der Waals surface area contributed by atoms with Crippen molar-refractivity contribution in [2.24, 2.45) is 0 Å². The SMILES string of the molecule is COc1ccc(C(=O)c2ccccc2)cc1NC(=O)CCCc1cccnc1. The quantitative estimate of drug-likeness (QED) is 0.598. The van der Waals surface area contributed by atoms with Crippen LogP contribution >= 0.6 is 0 Å². The third-order valence-corrected chi connectivity index (χ3v) is 4.36. The predicted octanol–water partition coefficient (Wildman–Crippen LogP) is 4.28. The summed E-state index contributed by atoms with van der Waals surface area (Å²) >= 11 is 0. The van der Waals surface area contributed by atoms with Crippen molar-refractivity contribution < 1.29 is 14.3 Å². The van der Waals surface area contributed by atoms with Crippen molar-refractivity contribution in [1.29, 1.82) is 0 Å². The molecule has 0 aliphatic rings. The molecule has 1 heterocycles. The Morgan fingerprint density at radius 3 is 2.54 bits per heavy atom. The van der Waals surface area contributed by atoms with E-state index in [1.165, 1.54) is 7.11 Å². The number of nitrogens with zero attached hydrogens (tertiary/aromatic N) is 1. The number of nitrogens with one attached hydrogen (secondary N) is 1. The van der Waals surface area contributed by atoms with Gasteiger partial charge in [0.2, 0.25) is 5.91 Å².